The fourth-order valence-electron chi connectivity index (χ4n) is 8.33. The minimum atomic E-state index is -1.13. The Kier molecular flexibility index (Phi) is 13.7. The zero-order valence-corrected chi connectivity index (χ0v) is 28.4. The van der Waals surface area contributed by atoms with E-state index in [1.807, 2.05) is 13.8 Å². The molecule has 4 aliphatic carbocycles. The molecule has 4 saturated carbocycles. The van der Waals surface area contributed by atoms with Crippen LogP contribution >= 0.6 is 0 Å². The van der Waals surface area contributed by atoms with Crippen molar-refractivity contribution in [1.82, 2.24) is 0 Å². The number of carbonyl (C=O) groups excluding carboxylic acids is 1. The molecule has 16 nitrogen and oxygen atoms in total. The third-order valence-electron chi connectivity index (χ3n) is 11.3. The Balaban J connectivity index is 1.16. The van der Waals surface area contributed by atoms with Crippen LogP contribution in [0.5, 0.6) is 0 Å². The van der Waals surface area contributed by atoms with E-state index in [0.29, 0.717) is 64.6 Å². The van der Waals surface area contributed by atoms with Crippen molar-refractivity contribution in [2.24, 2.45) is 35.0 Å². The van der Waals surface area contributed by atoms with Crippen molar-refractivity contribution in [1.29, 1.82) is 0 Å². The Morgan fingerprint density at radius 2 is 1.16 bits per heavy atom. The number of hydrogen-bond donors (Lipinski definition) is 3. The van der Waals surface area contributed by atoms with Gasteiger partial charge < -0.3 is 24.4 Å². The standard InChI is InChI=1S/C33H52N2O14/c1-33(2,17-46-22-7-3-19(4-8-22)29(49-45)27-15-20(34(41)42)5-13-25(27)30(36)37)18-47-23-9-11-24(12-10-23)48-32(40)28-16-21(35(43)44)6-14-26(28)31(38)39/h19-29,45H,3-18H2,1-2H3,(H,36,37)(H,38,39). The number of esters is 1. The predicted molar refractivity (Wildman–Crippen MR) is 170 cm³/mol. The zero-order valence-electron chi connectivity index (χ0n) is 28.4. The number of carboxylic acid groups (broad SMARTS) is 2. The van der Waals surface area contributed by atoms with Crippen molar-refractivity contribution in [3.63, 3.8) is 0 Å². The lowest BCUT2D eigenvalue weighted by molar-refractivity contribution is -0.530. The predicted octanol–water partition coefficient (Wildman–Crippen LogP) is 4.61. The van der Waals surface area contributed by atoms with Crippen LogP contribution in [-0.4, -0.2) is 92.9 Å². The summed E-state index contributed by atoms with van der Waals surface area (Å²) in [5.41, 5.74) is -0.300. The van der Waals surface area contributed by atoms with Crippen molar-refractivity contribution >= 4 is 17.9 Å². The maximum absolute atomic E-state index is 12.9. The molecule has 0 aromatic rings. The van der Waals surface area contributed by atoms with Gasteiger partial charge in [-0.25, -0.2) is 4.89 Å². The molecule has 3 N–H and O–H groups in total. The monoisotopic (exact) mass is 700 g/mol. The summed E-state index contributed by atoms with van der Waals surface area (Å²) >= 11 is 0. The minimum absolute atomic E-state index is 0.0290. The second-order valence-electron chi connectivity index (χ2n) is 15.4. The Morgan fingerprint density at radius 3 is 1.65 bits per heavy atom. The van der Waals surface area contributed by atoms with Gasteiger partial charge in [0.2, 0.25) is 12.1 Å². The summed E-state index contributed by atoms with van der Waals surface area (Å²) in [5, 5.41) is 51.8. The molecule has 0 bridgehead atoms. The van der Waals surface area contributed by atoms with Crippen LogP contribution < -0.4 is 0 Å². The number of hydrogen-bond acceptors (Lipinski definition) is 12. The minimum Gasteiger partial charge on any atom is -0.481 e. The molecule has 4 rings (SSSR count). The number of rotatable bonds is 15. The smallest absolute Gasteiger partial charge is 0.310 e. The van der Waals surface area contributed by atoms with Crippen LogP contribution in [0.25, 0.3) is 0 Å². The lowest BCUT2D eigenvalue weighted by atomic mass is 9.69. The van der Waals surface area contributed by atoms with Gasteiger partial charge in [-0.05, 0) is 70.1 Å². The van der Waals surface area contributed by atoms with E-state index in [1.54, 1.807) is 0 Å². The van der Waals surface area contributed by atoms with E-state index in [2.05, 4.69) is 0 Å². The largest absolute Gasteiger partial charge is 0.481 e. The highest BCUT2D eigenvalue weighted by atomic mass is 17.1. The number of carboxylic acids is 2. The second-order valence-corrected chi connectivity index (χ2v) is 15.4. The molecular weight excluding hydrogens is 648 g/mol. The van der Waals surface area contributed by atoms with Gasteiger partial charge in [-0.2, -0.15) is 0 Å². The first-order valence-corrected chi connectivity index (χ1v) is 17.7. The second kappa shape index (κ2) is 17.3. The molecule has 0 radical (unpaired) electrons. The Labute approximate surface area is 285 Å². The molecule has 4 fully saturated rings. The third kappa shape index (κ3) is 10.5. The van der Waals surface area contributed by atoms with Crippen LogP contribution in [0, 0.1) is 55.2 Å². The van der Waals surface area contributed by atoms with Gasteiger partial charge in [0.15, 0.2) is 0 Å². The highest BCUT2D eigenvalue weighted by molar-refractivity contribution is 5.81. The molecule has 0 saturated heterocycles. The molecule has 0 aromatic heterocycles. The summed E-state index contributed by atoms with van der Waals surface area (Å²) < 4.78 is 18.1. The van der Waals surface area contributed by atoms with Gasteiger partial charge in [-0.1, -0.05) is 13.8 Å². The van der Waals surface area contributed by atoms with Crippen molar-refractivity contribution in [2.75, 3.05) is 13.2 Å². The molecule has 16 heteroatoms. The van der Waals surface area contributed by atoms with Crippen molar-refractivity contribution in [2.45, 2.75) is 140 Å². The van der Waals surface area contributed by atoms with Crippen LogP contribution in [0.4, 0.5) is 0 Å². The van der Waals surface area contributed by atoms with Crippen molar-refractivity contribution in [3.8, 4) is 0 Å². The number of nitro groups is 2. The molecular formula is C33H52N2O14. The maximum atomic E-state index is 12.9. The van der Waals surface area contributed by atoms with Crippen LogP contribution in [0.2, 0.25) is 0 Å². The molecule has 0 aromatic carbocycles. The van der Waals surface area contributed by atoms with Gasteiger partial charge in [0.05, 0.1) is 49.3 Å². The summed E-state index contributed by atoms with van der Waals surface area (Å²) in [6.45, 7) is 4.98. The molecule has 7 atom stereocenters. The SMILES string of the molecule is CC(C)(COC1CCC(OC(=O)C2CC([N+](=O)[O-])CCC2C(=O)O)CC1)COC1CCC(C(OO)C2CC([N+](=O)[O-])CCC2C(=O)O)CC1. The van der Waals surface area contributed by atoms with Crippen LogP contribution in [-0.2, 0) is 33.5 Å². The molecule has 7 unspecified atom stereocenters. The summed E-state index contributed by atoms with van der Waals surface area (Å²) in [4.78, 5) is 63.2. The lowest BCUT2D eigenvalue weighted by Crippen LogP contribution is -2.46. The summed E-state index contributed by atoms with van der Waals surface area (Å²) in [6, 6.07) is -1.79. The van der Waals surface area contributed by atoms with E-state index in [4.69, 9.17) is 19.1 Å². The molecule has 0 aliphatic heterocycles. The van der Waals surface area contributed by atoms with E-state index >= 15 is 0 Å². The molecule has 0 spiro atoms. The van der Waals surface area contributed by atoms with E-state index in [-0.39, 0.29) is 73.1 Å². The fourth-order valence-corrected chi connectivity index (χ4v) is 8.33. The van der Waals surface area contributed by atoms with Crippen molar-refractivity contribution < 1.29 is 58.8 Å². The average molecular weight is 701 g/mol. The molecule has 0 amide bonds. The fraction of sp³-hybridized carbons (Fsp3) is 0.909. The van der Waals surface area contributed by atoms with Crippen LogP contribution in [0.3, 0.4) is 0 Å². The molecule has 278 valence electrons. The third-order valence-corrected chi connectivity index (χ3v) is 11.3. The van der Waals surface area contributed by atoms with Gasteiger partial charge in [0.25, 0.3) is 0 Å². The Bertz CT molecular complexity index is 1170. The highest BCUT2D eigenvalue weighted by Gasteiger charge is 2.48. The van der Waals surface area contributed by atoms with Gasteiger partial charge in [-0.15, -0.1) is 0 Å². The zero-order chi connectivity index (χ0) is 35.9. The maximum Gasteiger partial charge on any atom is 0.310 e. The van der Waals surface area contributed by atoms with E-state index in [0.717, 1.165) is 0 Å². The molecule has 49 heavy (non-hydrogen) atoms. The van der Waals surface area contributed by atoms with Gasteiger partial charge in [-0.3, -0.25) is 39.9 Å². The lowest BCUT2D eigenvalue weighted by Gasteiger charge is -2.40. The highest BCUT2D eigenvalue weighted by Crippen LogP contribution is 2.42. The topological polar surface area (TPSA) is 235 Å². The number of nitrogens with zero attached hydrogens (tertiary/aromatic N) is 2. The Morgan fingerprint density at radius 1 is 0.694 bits per heavy atom. The normalized spacial score (nSPS) is 34.8. The average Bonchev–Trinajstić information content (AvgIpc) is 3.07. The first kappa shape index (κ1) is 38.8. The summed E-state index contributed by atoms with van der Waals surface area (Å²) in [5.74, 6) is -6.40. The summed E-state index contributed by atoms with van der Waals surface area (Å²) in [6.07, 6.45) is 4.35. The number of ether oxygens (including phenoxy) is 3. The van der Waals surface area contributed by atoms with Gasteiger partial charge in [0, 0.05) is 46.9 Å². The van der Waals surface area contributed by atoms with E-state index < -0.39 is 64.7 Å². The van der Waals surface area contributed by atoms with Crippen LogP contribution in [0.1, 0.15) is 104 Å². The van der Waals surface area contributed by atoms with Crippen molar-refractivity contribution in [3.05, 3.63) is 20.2 Å². The van der Waals surface area contributed by atoms with Crippen LogP contribution in [0.15, 0.2) is 0 Å². The Hall–Kier alpha value is -2.95. The molecule has 0 heterocycles. The molecule has 4 aliphatic rings. The summed E-state index contributed by atoms with van der Waals surface area (Å²) in [7, 11) is 0. The van der Waals surface area contributed by atoms with E-state index in [9.17, 15) is 50.1 Å². The number of carbonyl (C=O) groups is 3. The first-order valence-electron chi connectivity index (χ1n) is 17.7. The van der Waals surface area contributed by atoms with Gasteiger partial charge in [0.1, 0.15) is 6.10 Å². The van der Waals surface area contributed by atoms with E-state index in [1.165, 1.54) is 0 Å². The first-order chi connectivity index (χ1) is 23.2. The number of aliphatic carboxylic acids is 2. The van der Waals surface area contributed by atoms with Gasteiger partial charge >= 0.3 is 17.9 Å². The quantitative estimate of drug-likeness (QED) is 0.0916.